The van der Waals surface area contributed by atoms with Crippen molar-refractivity contribution in [2.24, 2.45) is 5.73 Å². The van der Waals surface area contributed by atoms with Gasteiger partial charge in [0.2, 0.25) is 0 Å². The first-order valence-corrected chi connectivity index (χ1v) is 8.82. The standard InChI is InChI=1S/C22H17N3O2/c23-18(10-16-11-24-12-25-16)22(26)27-19-9-7-15-5-4-13-2-1-3-14-6-8-17(19)21(15)20(13)14/h1-9,11-12,18H,10,23H2,(H,24,25)/t18-/m0/s1. The maximum atomic E-state index is 12.5. The topological polar surface area (TPSA) is 81.0 Å². The number of hydrogen-bond acceptors (Lipinski definition) is 4. The first kappa shape index (κ1) is 15.8. The summed E-state index contributed by atoms with van der Waals surface area (Å²) in [6, 6.07) is 17.6. The van der Waals surface area contributed by atoms with Gasteiger partial charge in [-0.1, -0.05) is 42.5 Å². The number of aromatic nitrogens is 2. The average Bonchev–Trinajstić information content (AvgIpc) is 3.20. The number of imidazole rings is 1. The maximum absolute atomic E-state index is 12.5. The molecule has 3 N–H and O–H groups in total. The number of carbonyl (C=O) groups is 1. The van der Waals surface area contributed by atoms with Crippen LogP contribution in [-0.2, 0) is 11.2 Å². The minimum Gasteiger partial charge on any atom is -0.425 e. The number of ether oxygens (including phenoxy) is 1. The van der Waals surface area contributed by atoms with Gasteiger partial charge in [-0.15, -0.1) is 0 Å². The molecule has 27 heavy (non-hydrogen) atoms. The summed E-state index contributed by atoms with van der Waals surface area (Å²) in [5.74, 6) is 0.0745. The van der Waals surface area contributed by atoms with Crippen LogP contribution in [0.2, 0.25) is 0 Å². The number of hydrogen-bond donors (Lipinski definition) is 2. The normalized spacial score (nSPS) is 12.8. The van der Waals surface area contributed by atoms with Crippen molar-refractivity contribution in [2.45, 2.75) is 12.5 Å². The molecule has 0 fully saturated rings. The van der Waals surface area contributed by atoms with Crippen LogP contribution in [0.4, 0.5) is 0 Å². The second-order valence-electron chi connectivity index (χ2n) is 6.73. The molecule has 1 atom stereocenters. The van der Waals surface area contributed by atoms with Crippen molar-refractivity contribution in [3.05, 3.63) is 72.8 Å². The summed E-state index contributed by atoms with van der Waals surface area (Å²) in [6.07, 6.45) is 3.57. The van der Waals surface area contributed by atoms with Crippen LogP contribution < -0.4 is 10.5 Å². The predicted molar refractivity (Wildman–Crippen MR) is 106 cm³/mol. The summed E-state index contributed by atoms with van der Waals surface area (Å²) < 4.78 is 5.68. The third kappa shape index (κ3) is 2.60. The summed E-state index contributed by atoms with van der Waals surface area (Å²) in [4.78, 5) is 19.4. The SMILES string of the molecule is N[C@@H](Cc1cnc[nH]1)C(=O)Oc1ccc2ccc3cccc4ccc1c2c34. The molecular weight excluding hydrogens is 338 g/mol. The third-order valence-corrected chi connectivity index (χ3v) is 5.00. The van der Waals surface area contributed by atoms with Gasteiger partial charge in [0, 0.05) is 29.1 Å². The number of H-pyrrole nitrogens is 1. The van der Waals surface area contributed by atoms with Crippen molar-refractivity contribution in [3.63, 3.8) is 0 Å². The molecule has 4 aromatic carbocycles. The van der Waals surface area contributed by atoms with Crippen molar-refractivity contribution in [1.82, 2.24) is 9.97 Å². The molecule has 0 aliphatic heterocycles. The summed E-state index contributed by atoms with van der Waals surface area (Å²) in [6.45, 7) is 0. The van der Waals surface area contributed by atoms with Gasteiger partial charge in [0.1, 0.15) is 11.8 Å². The van der Waals surface area contributed by atoms with Gasteiger partial charge in [0.25, 0.3) is 0 Å². The molecule has 0 bridgehead atoms. The fraction of sp³-hybridized carbons (Fsp3) is 0.0909. The van der Waals surface area contributed by atoms with Gasteiger partial charge in [0.15, 0.2) is 0 Å². The van der Waals surface area contributed by atoms with Crippen molar-refractivity contribution in [1.29, 1.82) is 0 Å². The van der Waals surface area contributed by atoms with Crippen LogP contribution in [0.1, 0.15) is 5.69 Å². The Morgan fingerprint density at radius 3 is 2.44 bits per heavy atom. The van der Waals surface area contributed by atoms with Crippen molar-refractivity contribution in [2.75, 3.05) is 0 Å². The molecular formula is C22H17N3O2. The largest absolute Gasteiger partial charge is 0.425 e. The van der Waals surface area contributed by atoms with Crippen LogP contribution >= 0.6 is 0 Å². The van der Waals surface area contributed by atoms with Crippen molar-refractivity contribution >= 4 is 38.3 Å². The lowest BCUT2D eigenvalue weighted by molar-refractivity contribution is -0.135. The first-order valence-electron chi connectivity index (χ1n) is 8.82. The highest BCUT2D eigenvalue weighted by Crippen LogP contribution is 2.38. The molecule has 0 aliphatic carbocycles. The molecule has 5 aromatic rings. The molecule has 0 unspecified atom stereocenters. The summed E-state index contributed by atoms with van der Waals surface area (Å²) in [5, 5.41) is 6.68. The summed E-state index contributed by atoms with van der Waals surface area (Å²) >= 11 is 0. The molecule has 1 aromatic heterocycles. The molecule has 0 aliphatic rings. The average molecular weight is 355 g/mol. The lowest BCUT2D eigenvalue weighted by Gasteiger charge is -2.15. The van der Waals surface area contributed by atoms with Gasteiger partial charge in [-0.2, -0.15) is 0 Å². The van der Waals surface area contributed by atoms with E-state index in [4.69, 9.17) is 10.5 Å². The second kappa shape index (κ2) is 6.07. The van der Waals surface area contributed by atoms with Gasteiger partial charge < -0.3 is 15.5 Å². The Morgan fingerprint density at radius 1 is 1.00 bits per heavy atom. The van der Waals surface area contributed by atoms with Crippen LogP contribution in [0.5, 0.6) is 5.75 Å². The Kier molecular flexibility index (Phi) is 3.55. The van der Waals surface area contributed by atoms with E-state index in [1.54, 1.807) is 12.5 Å². The summed E-state index contributed by atoms with van der Waals surface area (Å²) in [5.41, 5.74) is 6.82. The van der Waals surface area contributed by atoms with E-state index >= 15 is 0 Å². The molecule has 5 nitrogen and oxygen atoms in total. The summed E-state index contributed by atoms with van der Waals surface area (Å²) in [7, 11) is 0. The highest BCUT2D eigenvalue weighted by Gasteiger charge is 2.19. The fourth-order valence-corrected chi connectivity index (χ4v) is 3.70. The molecule has 0 radical (unpaired) electrons. The van der Waals surface area contributed by atoms with E-state index in [-0.39, 0.29) is 0 Å². The van der Waals surface area contributed by atoms with Crippen molar-refractivity contribution < 1.29 is 9.53 Å². The molecule has 132 valence electrons. The van der Waals surface area contributed by atoms with E-state index in [9.17, 15) is 4.79 Å². The highest BCUT2D eigenvalue weighted by molar-refractivity contribution is 6.24. The Morgan fingerprint density at radius 2 is 1.70 bits per heavy atom. The number of aromatic amines is 1. The Labute approximate surface area is 155 Å². The second-order valence-corrected chi connectivity index (χ2v) is 6.73. The zero-order valence-corrected chi connectivity index (χ0v) is 14.5. The van der Waals surface area contributed by atoms with Crippen LogP contribution in [-0.4, -0.2) is 22.0 Å². The molecule has 5 rings (SSSR count). The Hall–Kier alpha value is -3.44. The Balaban J connectivity index is 1.56. The van der Waals surface area contributed by atoms with Gasteiger partial charge in [-0.3, -0.25) is 0 Å². The van der Waals surface area contributed by atoms with E-state index in [0.29, 0.717) is 12.2 Å². The monoisotopic (exact) mass is 355 g/mol. The van der Waals surface area contributed by atoms with E-state index in [1.165, 1.54) is 16.2 Å². The van der Waals surface area contributed by atoms with Crippen LogP contribution in [0, 0.1) is 0 Å². The van der Waals surface area contributed by atoms with Crippen LogP contribution in [0.15, 0.2) is 67.1 Å². The van der Waals surface area contributed by atoms with E-state index in [0.717, 1.165) is 21.9 Å². The van der Waals surface area contributed by atoms with Gasteiger partial charge in [-0.25, -0.2) is 9.78 Å². The smallest absolute Gasteiger partial charge is 0.328 e. The van der Waals surface area contributed by atoms with Gasteiger partial charge >= 0.3 is 5.97 Å². The lowest BCUT2D eigenvalue weighted by Crippen LogP contribution is -2.36. The third-order valence-electron chi connectivity index (χ3n) is 5.00. The van der Waals surface area contributed by atoms with E-state index < -0.39 is 12.0 Å². The number of esters is 1. The highest BCUT2D eigenvalue weighted by atomic mass is 16.5. The molecule has 0 amide bonds. The van der Waals surface area contributed by atoms with E-state index in [2.05, 4.69) is 46.4 Å². The van der Waals surface area contributed by atoms with Crippen LogP contribution in [0.25, 0.3) is 32.3 Å². The first-order chi connectivity index (χ1) is 13.2. The number of nitrogens with zero attached hydrogens (tertiary/aromatic N) is 1. The Bertz CT molecular complexity index is 1250. The predicted octanol–water partition coefficient (Wildman–Crippen LogP) is 3.78. The fourth-order valence-electron chi connectivity index (χ4n) is 3.70. The van der Waals surface area contributed by atoms with E-state index in [1.807, 2.05) is 18.2 Å². The molecule has 5 heteroatoms. The minimum absolute atomic E-state index is 0.352. The number of benzene rings is 4. The minimum atomic E-state index is -0.760. The number of carbonyl (C=O) groups excluding carboxylic acids is 1. The molecule has 0 spiro atoms. The quantitative estimate of drug-likeness (QED) is 0.292. The van der Waals surface area contributed by atoms with Crippen molar-refractivity contribution in [3.8, 4) is 5.75 Å². The molecule has 1 heterocycles. The number of nitrogens with one attached hydrogen (secondary N) is 1. The number of rotatable bonds is 4. The zero-order chi connectivity index (χ0) is 18.4. The molecule has 0 saturated heterocycles. The molecule has 0 saturated carbocycles. The maximum Gasteiger partial charge on any atom is 0.328 e. The zero-order valence-electron chi connectivity index (χ0n) is 14.5. The van der Waals surface area contributed by atoms with Crippen LogP contribution in [0.3, 0.4) is 0 Å². The van der Waals surface area contributed by atoms with Gasteiger partial charge in [0.05, 0.1) is 6.33 Å². The number of nitrogens with two attached hydrogens (primary N) is 1. The lowest BCUT2D eigenvalue weighted by atomic mass is 9.94. The van der Waals surface area contributed by atoms with Gasteiger partial charge in [-0.05, 0) is 33.7 Å².